The summed E-state index contributed by atoms with van der Waals surface area (Å²) in [5.41, 5.74) is 0.566. The quantitative estimate of drug-likeness (QED) is 0.459. The summed E-state index contributed by atoms with van der Waals surface area (Å²) in [4.78, 5) is 41.8. The van der Waals surface area contributed by atoms with Crippen molar-refractivity contribution in [3.8, 4) is 5.75 Å². The van der Waals surface area contributed by atoms with Gasteiger partial charge in [0.05, 0.1) is 26.1 Å². The number of anilines is 1. The minimum Gasteiger partial charge on any atom is -0.498 e. The monoisotopic (exact) mass is 583 g/mol. The molecule has 0 saturated carbocycles. The highest BCUT2D eigenvalue weighted by molar-refractivity contribution is 6.30. The van der Waals surface area contributed by atoms with Gasteiger partial charge in [0.25, 0.3) is 11.7 Å². The highest BCUT2D eigenvalue weighted by Crippen LogP contribution is 2.38. The fourth-order valence-corrected chi connectivity index (χ4v) is 6.06. The molecule has 1 aromatic heterocycles. The third-order valence-corrected chi connectivity index (χ3v) is 8.44. The number of amides is 2. The maximum absolute atomic E-state index is 15.3. The van der Waals surface area contributed by atoms with Crippen molar-refractivity contribution in [1.29, 1.82) is 0 Å². The van der Waals surface area contributed by atoms with Crippen molar-refractivity contribution in [3.63, 3.8) is 0 Å². The number of nitrogens with one attached hydrogen (secondary N) is 1. The molecule has 0 spiro atoms. The molecule has 0 radical (unpaired) electrons. The number of hydrogen-bond acceptors (Lipinski definition) is 7. The summed E-state index contributed by atoms with van der Waals surface area (Å²) in [6.45, 7) is 1.65. The maximum Gasteiger partial charge on any atom is 0.264 e. The summed E-state index contributed by atoms with van der Waals surface area (Å²) in [5.74, 6) is -0.968. The van der Waals surface area contributed by atoms with Crippen molar-refractivity contribution in [3.05, 3.63) is 81.4 Å². The maximum atomic E-state index is 15.3. The van der Waals surface area contributed by atoms with Gasteiger partial charge in [0.15, 0.2) is 0 Å². The van der Waals surface area contributed by atoms with E-state index in [1.165, 1.54) is 19.2 Å². The zero-order valence-electron chi connectivity index (χ0n) is 22.6. The lowest BCUT2D eigenvalue weighted by Gasteiger charge is -2.41. The fourth-order valence-electron chi connectivity index (χ4n) is 5.93. The second-order valence-corrected chi connectivity index (χ2v) is 10.9. The molecule has 2 saturated heterocycles. The summed E-state index contributed by atoms with van der Waals surface area (Å²) < 4.78 is 20.0. The van der Waals surface area contributed by atoms with Crippen LogP contribution in [0.4, 0.5) is 20.7 Å². The Morgan fingerprint density at radius 3 is 2.51 bits per heavy atom. The van der Waals surface area contributed by atoms with Gasteiger partial charge in [0.1, 0.15) is 29.6 Å². The average molecular weight is 584 g/mol. The second kappa shape index (κ2) is 11.9. The Labute approximate surface area is 241 Å². The van der Waals surface area contributed by atoms with Crippen LogP contribution in [0.1, 0.15) is 24.3 Å². The molecule has 3 aromatic rings. The van der Waals surface area contributed by atoms with Crippen LogP contribution in [0.25, 0.3) is 0 Å². The molecular formula is C29H31ClFN5O5. The van der Waals surface area contributed by atoms with E-state index in [1.807, 2.05) is 4.90 Å². The molecule has 216 valence electrons. The number of methoxy groups -OCH3 is 1. The molecule has 1 N–H and O–H groups in total. The number of carbonyl (C=O) groups is 2. The lowest BCUT2D eigenvalue weighted by molar-refractivity contribution is -0.264. The van der Waals surface area contributed by atoms with Gasteiger partial charge in [-0.1, -0.05) is 17.7 Å². The molecule has 41 heavy (non-hydrogen) atoms. The first kappa shape index (κ1) is 28.6. The van der Waals surface area contributed by atoms with E-state index in [0.29, 0.717) is 60.3 Å². The Balaban J connectivity index is 1.44. The number of carbonyl (C=O) groups excluding carboxylic acids is 2. The summed E-state index contributed by atoms with van der Waals surface area (Å²) in [6.07, 6.45) is -0.0721. The standard InChI is InChI=1S/C29H31ClFN5O5/c1-41-21-8-9-22(25(31)16-21)23-17-35(26-10-11-27(37)33-32-26)18-24(23)28(38)34-12-2-3-14-36(15-13-34,29(39)40)20-6-4-19(30)5-7-20/h4-11,16,23-24H,2-3,12-15,17-18H2,1H3,(H-,33,37,39,40)/t23-,24+,36?/m0/s1. The second-order valence-electron chi connectivity index (χ2n) is 10.5. The number of rotatable bonds is 5. The number of aromatic nitrogens is 2. The van der Waals surface area contributed by atoms with Crippen LogP contribution in [-0.2, 0) is 4.79 Å². The molecule has 5 rings (SSSR count). The predicted octanol–water partition coefficient (Wildman–Crippen LogP) is 2.76. The highest BCUT2D eigenvalue weighted by atomic mass is 35.5. The number of hydrogen-bond donors (Lipinski definition) is 1. The van der Waals surface area contributed by atoms with Gasteiger partial charge in [-0.05, 0) is 42.7 Å². The van der Waals surface area contributed by atoms with E-state index in [9.17, 15) is 19.5 Å². The van der Waals surface area contributed by atoms with Gasteiger partial charge in [0.2, 0.25) is 5.91 Å². The van der Waals surface area contributed by atoms with Crippen molar-refractivity contribution >= 4 is 35.1 Å². The van der Waals surface area contributed by atoms with Crippen LogP contribution in [-0.4, -0.2) is 73.5 Å². The van der Waals surface area contributed by atoms with Crippen LogP contribution >= 0.6 is 11.6 Å². The first-order chi connectivity index (χ1) is 19.7. The minimum atomic E-state index is -1.24. The van der Waals surface area contributed by atoms with Gasteiger partial charge in [0, 0.05) is 54.8 Å². The zero-order chi connectivity index (χ0) is 29.1. The van der Waals surface area contributed by atoms with Crippen molar-refractivity contribution in [2.45, 2.75) is 18.8 Å². The Morgan fingerprint density at radius 1 is 1.07 bits per heavy atom. The summed E-state index contributed by atoms with van der Waals surface area (Å²) in [6, 6.07) is 14.2. The summed E-state index contributed by atoms with van der Waals surface area (Å²) in [7, 11) is 1.46. The third kappa shape index (κ3) is 5.77. The van der Waals surface area contributed by atoms with Crippen LogP contribution < -0.4 is 24.8 Å². The fraction of sp³-hybridized carbons (Fsp3) is 0.379. The Bertz CT molecular complexity index is 1460. The third-order valence-electron chi connectivity index (χ3n) is 8.18. The molecule has 2 aliphatic heterocycles. The number of quaternary nitrogens is 1. The van der Waals surface area contributed by atoms with Gasteiger partial charge in [-0.3, -0.25) is 9.59 Å². The van der Waals surface area contributed by atoms with E-state index < -0.39 is 28.2 Å². The Morgan fingerprint density at radius 2 is 1.85 bits per heavy atom. The molecular weight excluding hydrogens is 553 g/mol. The number of benzene rings is 2. The largest absolute Gasteiger partial charge is 0.498 e. The van der Waals surface area contributed by atoms with Gasteiger partial charge < -0.3 is 24.4 Å². The highest BCUT2D eigenvalue weighted by Gasteiger charge is 2.43. The molecule has 3 heterocycles. The first-order valence-corrected chi connectivity index (χ1v) is 13.9. The smallest absolute Gasteiger partial charge is 0.264 e. The van der Waals surface area contributed by atoms with E-state index in [-0.39, 0.29) is 31.1 Å². The molecule has 2 aliphatic rings. The number of carboxylic acid groups (broad SMARTS) is 1. The van der Waals surface area contributed by atoms with Crippen molar-refractivity contribution < 1.29 is 23.8 Å². The molecule has 10 nitrogen and oxygen atoms in total. The topological polar surface area (TPSA) is 119 Å². The van der Waals surface area contributed by atoms with Crippen molar-refractivity contribution in [2.24, 2.45) is 5.92 Å². The van der Waals surface area contributed by atoms with Crippen LogP contribution in [0, 0.1) is 11.7 Å². The molecule has 0 aliphatic carbocycles. The van der Waals surface area contributed by atoms with Crippen LogP contribution in [0.15, 0.2) is 59.4 Å². The van der Waals surface area contributed by atoms with Gasteiger partial charge in [-0.15, -0.1) is 0 Å². The van der Waals surface area contributed by atoms with E-state index in [0.717, 1.165) is 0 Å². The zero-order valence-corrected chi connectivity index (χ0v) is 23.3. The molecule has 2 amide bonds. The minimum absolute atomic E-state index is 0.120. The molecule has 0 bridgehead atoms. The number of halogens is 2. The van der Waals surface area contributed by atoms with E-state index >= 15 is 4.39 Å². The number of ether oxygens (including phenoxy) is 1. The molecule has 3 atom stereocenters. The lowest BCUT2D eigenvalue weighted by atomic mass is 9.87. The lowest BCUT2D eigenvalue weighted by Crippen LogP contribution is -2.64. The van der Waals surface area contributed by atoms with Gasteiger partial charge in [-0.2, -0.15) is 5.10 Å². The predicted molar refractivity (Wildman–Crippen MR) is 150 cm³/mol. The van der Waals surface area contributed by atoms with Crippen molar-refractivity contribution in [1.82, 2.24) is 19.6 Å². The molecule has 12 heteroatoms. The van der Waals surface area contributed by atoms with Gasteiger partial charge in [-0.25, -0.2) is 14.0 Å². The summed E-state index contributed by atoms with van der Waals surface area (Å²) >= 11 is 6.04. The van der Waals surface area contributed by atoms with E-state index in [1.54, 1.807) is 47.4 Å². The Hall–Kier alpha value is -3.96. The Kier molecular flexibility index (Phi) is 8.27. The normalized spacial score (nSPS) is 23.1. The molecule has 2 fully saturated rings. The van der Waals surface area contributed by atoms with E-state index in [2.05, 4.69) is 10.2 Å². The number of H-pyrrole nitrogens is 1. The molecule has 1 unspecified atom stereocenters. The summed E-state index contributed by atoms with van der Waals surface area (Å²) in [5, 5.41) is 19.6. The number of aromatic amines is 1. The SMILES string of the molecule is COc1ccc([C@@H]2CN(c3ccc(=O)[nH]n3)C[C@H]2C(=O)N2CCCC[N+](C(=O)[O-])(c3ccc(Cl)cc3)CC2)c(F)c1. The molecule has 2 aromatic carbocycles. The van der Waals surface area contributed by atoms with Gasteiger partial charge >= 0.3 is 0 Å². The van der Waals surface area contributed by atoms with Crippen LogP contribution in [0.3, 0.4) is 0 Å². The van der Waals surface area contributed by atoms with E-state index in [4.69, 9.17) is 16.3 Å². The van der Waals surface area contributed by atoms with Crippen LogP contribution in [0.5, 0.6) is 5.75 Å². The number of nitrogens with zero attached hydrogens (tertiary/aromatic N) is 4. The van der Waals surface area contributed by atoms with Crippen LogP contribution in [0.2, 0.25) is 5.02 Å². The van der Waals surface area contributed by atoms with Crippen molar-refractivity contribution in [2.75, 3.05) is 51.3 Å². The first-order valence-electron chi connectivity index (χ1n) is 13.5. The average Bonchev–Trinajstić information content (AvgIpc) is 3.39.